The summed E-state index contributed by atoms with van der Waals surface area (Å²) < 4.78 is 4.70. The Bertz CT molecular complexity index is 3490. The highest BCUT2D eigenvalue weighted by atomic mass is 15.0. The van der Waals surface area contributed by atoms with Crippen molar-refractivity contribution in [3.05, 3.63) is 194 Å². The normalized spacial score (nSPS) is 11.8. The quantitative estimate of drug-likeness (QED) is 0.165. The van der Waals surface area contributed by atoms with Crippen LogP contribution in [0.5, 0.6) is 0 Å². The molecule has 0 aliphatic carbocycles. The van der Waals surface area contributed by atoms with E-state index in [2.05, 4.69) is 142 Å². The van der Waals surface area contributed by atoms with E-state index in [0.29, 0.717) is 17.5 Å². The molecule has 0 aliphatic rings. The van der Waals surface area contributed by atoms with E-state index < -0.39 is 0 Å². The molecule has 0 amide bonds. The zero-order valence-electron chi connectivity index (χ0n) is 31.2. The molecule has 270 valence electrons. The van der Waals surface area contributed by atoms with E-state index in [1.807, 2.05) is 60.7 Å². The van der Waals surface area contributed by atoms with Gasteiger partial charge in [-0.25, -0.2) is 19.9 Å². The minimum Gasteiger partial charge on any atom is -0.309 e. The summed E-state index contributed by atoms with van der Waals surface area (Å²) in [7, 11) is 0. The average Bonchev–Trinajstić information content (AvgIpc) is 3.85. The first kappa shape index (κ1) is 32.3. The molecule has 8 aromatic carbocycles. The van der Waals surface area contributed by atoms with Crippen LogP contribution in [0.4, 0.5) is 0 Å². The Morgan fingerprint density at radius 1 is 0.293 bits per heavy atom. The van der Waals surface area contributed by atoms with Crippen molar-refractivity contribution in [2.24, 2.45) is 0 Å². The molecule has 12 rings (SSSR count). The third kappa shape index (κ3) is 5.05. The molecule has 0 atom stereocenters. The molecule has 0 bridgehead atoms. The Balaban J connectivity index is 0.997. The first-order chi connectivity index (χ1) is 28.7. The molecule has 0 N–H and O–H groups in total. The fourth-order valence-corrected chi connectivity index (χ4v) is 8.63. The summed E-state index contributed by atoms with van der Waals surface area (Å²) >= 11 is 0. The highest BCUT2D eigenvalue weighted by molar-refractivity contribution is 6.21. The molecule has 0 radical (unpaired) electrons. The van der Waals surface area contributed by atoms with Crippen LogP contribution in [0.1, 0.15) is 0 Å². The second kappa shape index (κ2) is 12.8. The lowest BCUT2D eigenvalue weighted by molar-refractivity contribution is 1.07. The van der Waals surface area contributed by atoms with Gasteiger partial charge in [0.1, 0.15) is 5.65 Å². The Morgan fingerprint density at radius 2 is 0.845 bits per heavy atom. The maximum atomic E-state index is 5.21. The third-order valence-corrected chi connectivity index (χ3v) is 11.3. The van der Waals surface area contributed by atoms with Crippen molar-refractivity contribution < 1.29 is 0 Å². The van der Waals surface area contributed by atoms with Gasteiger partial charge in [0.15, 0.2) is 17.5 Å². The van der Waals surface area contributed by atoms with Gasteiger partial charge in [-0.2, -0.15) is 0 Å². The lowest BCUT2D eigenvalue weighted by Gasteiger charge is -2.12. The first-order valence-corrected chi connectivity index (χ1v) is 19.5. The van der Waals surface area contributed by atoms with Gasteiger partial charge in [0.2, 0.25) is 0 Å². The molecule has 0 saturated carbocycles. The Labute approximate surface area is 333 Å². The van der Waals surface area contributed by atoms with Gasteiger partial charge in [-0.1, -0.05) is 140 Å². The molecule has 12 aromatic rings. The van der Waals surface area contributed by atoms with E-state index in [9.17, 15) is 0 Å². The van der Waals surface area contributed by atoms with Gasteiger partial charge < -0.3 is 4.57 Å². The number of pyridine rings is 1. The van der Waals surface area contributed by atoms with Crippen LogP contribution < -0.4 is 0 Å². The zero-order valence-corrected chi connectivity index (χ0v) is 31.2. The van der Waals surface area contributed by atoms with Crippen molar-refractivity contribution in [2.75, 3.05) is 0 Å². The van der Waals surface area contributed by atoms with Crippen LogP contribution in [0.3, 0.4) is 0 Å². The standard InChI is InChI=1S/C52H32N6/c1-3-14-34(15-4-1)49-54-50(35-16-5-2-6-17-35)56-51(55-49)37-19-13-18-36(30-37)33-26-28-38(29-27-33)57-45-23-10-8-21-40(45)42-31-41-39-20-7-11-24-46(39)58-47-25-12-9-22-44(47)53-52(58)43(41)32-48(42)57/h1-32H. The lowest BCUT2D eigenvalue weighted by Crippen LogP contribution is -2.00. The van der Waals surface area contributed by atoms with Crippen molar-refractivity contribution in [3.63, 3.8) is 0 Å². The van der Waals surface area contributed by atoms with Gasteiger partial charge in [0, 0.05) is 43.9 Å². The minimum absolute atomic E-state index is 0.635. The van der Waals surface area contributed by atoms with Gasteiger partial charge in [-0.3, -0.25) is 4.40 Å². The molecule has 4 aromatic heterocycles. The third-order valence-electron chi connectivity index (χ3n) is 11.3. The van der Waals surface area contributed by atoms with Gasteiger partial charge in [-0.15, -0.1) is 0 Å². The number of hydrogen-bond acceptors (Lipinski definition) is 4. The lowest BCUT2D eigenvalue weighted by atomic mass is 10.0. The number of fused-ring (bicyclic) bond motifs is 11. The zero-order chi connectivity index (χ0) is 38.2. The summed E-state index contributed by atoms with van der Waals surface area (Å²) in [4.78, 5) is 20.1. The number of aromatic nitrogens is 6. The summed E-state index contributed by atoms with van der Waals surface area (Å²) in [6.45, 7) is 0. The van der Waals surface area contributed by atoms with Crippen molar-refractivity contribution in [2.45, 2.75) is 0 Å². The van der Waals surface area contributed by atoms with E-state index in [0.717, 1.165) is 72.1 Å². The molecular weight excluding hydrogens is 709 g/mol. The molecule has 6 heteroatoms. The summed E-state index contributed by atoms with van der Waals surface area (Å²) in [5, 5.41) is 5.98. The summed E-state index contributed by atoms with van der Waals surface area (Å²) in [5.74, 6) is 1.93. The van der Waals surface area contributed by atoms with E-state index in [4.69, 9.17) is 19.9 Å². The van der Waals surface area contributed by atoms with Gasteiger partial charge in [0.05, 0.1) is 27.6 Å². The van der Waals surface area contributed by atoms with Crippen LogP contribution in [-0.4, -0.2) is 28.9 Å². The molecule has 0 aliphatic heterocycles. The Morgan fingerprint density at radius 3 is 1.55 bits per heavy atom. The molecule has 0 unspecified atom stereocenters. The fourth-order valence-electron chi connectivity index (χ4n) is 8.63. The van der Waals surface area contributed by atoms with Crippen molar-refractivity contribution in [1.82, 2.24) is 28.9 Å². The SMILES string of the molecule is c1ccc(-c2nc(-c3ccccc3)nc(-c3cccc(-c4ccc(-n5c6ccccc6c6cc7c8ccccc8n8c9ccccc9nc8c7cc65)cc4)c3)n2)cc1. The number of benzene rings is 8. The number of nitrogens with zero attached hydrogens (tertiary/aromatic N) is 6. The van der Waals surface area contributed by atoms with Crippen LogP contribution in [-0.2, 0) is 0 Å². The minimum atomic E-state index is 0.635. The molecule has 58 heavy (non-hydrogen) atoms. The van der Waals surface area contributed by atoms with Crippen molar-refractivity contribution in [1.29, 1.82) is 0 Å². The second-order valence-corrected chi connectivity index (χ2v) is 14.7. The van der Waals surface area contributed by atoms with Crippen molar-refractivity contribution in [3.8, 4) is 51.0 Å². The molecule has 6 nitrogen and oxygen atoms in total. The van der Waals surface area contributed by atoms with Gasteiger partial charge in [-0.05, 0) is 71.1 Å². The highest BCUT2D eigenvalue weighted by Gasteiger charge is 2.19. The van der Waals surface area contributed by atoms with E-state index >= 15 is 0 Å². The second-order valence-electron chi connectivity index (χ2n) is 14.7. The van der Waals surface area contributed by atoms with Crippen LogP contribution >= 0.6 is 0 Å². The predicted octanol–water partition coefficient (Wildman–Crippen LogP) is 12.7. The largest absolute Gasteiger partial charge is 0.309 e. The summed E-state index contributed by atoms with van der Waals surface area (Å²) in [5.41, 5.74) is 12.6. The molecule has 0 spiro atoms. The molecule has 4 heterocycles. The highest BCUT2D eigenvalue weighted by Crippen LogP contribution is 2.40. The van der Waals surface area contributed by atoms with Crippen LogP contribution in [0.2, 0.25) is 0 Å². The van der Waals surface area contributed by atoms with E-state index in [1.165, 1.54) is 21.5 Å². The average molecular weight is 741 g/mol. The van der Waals surface area contributed by atoms with Crippen LogP contribution in [0, 0.1) is 0 Å². The predicted molar refractivity (Wildman–Crippen MR) is 237 cm³/mol. The maximum Gasteiger partial charge on any atom is 0.164 e. The maximum absolute atomic E-state index is 5.21. The molecule has 0 fully saturated rings. The number of hydrogen-bond donors (Lipinski definition) is 0. The van der Waals surface area contributed by atoms with Crippen LogP contribution in [0.15, 0.2) is 194 Å². The van der Waals surface area contributed by atoms with Crippen LogP contribution in [0.25, 0.3) is 111 Å². The molecule has 0 saturated heterocycles. The van der Waals surface area contributed by atoms with E-state index in [1.54, 1.807) is 0 Å². The van der Waals surface area contributed by atoms with Gasteiger partial charge >= 0.3 is 0 Å². The monoisotopic (exact) mass is 740 g/mol. The number of imidazole rings is 1. The first-order valence-electron chi connectivity index (χ1n) is 19.5. The van der Waals surface area contributed by atoms with E-state index in [-0.39, 0.29) is 0 Å². The molecular formula is C52H32N6. The smallest absolute Gasteiger partial charge is 0.164 e. The summed E-state index contributed by atoms with van der Waals surface area (Å²) in [6.07, 6.45) is 0. The fraction of sp³-hybridized carbons (Fsp3) is 0. The van der Waals surface area contributed by atoms with Gasteiger partial charge in [0.25, 0.3) is 0 Å². The Hall–Kier alpha value is -7.96. The number of para-hydroxylation sites is 4. The summed E-state index contributed by atoms with van der Waals surface area (Å²) in [6, 6.07) is 68.0. The number of rotatable bonds is 5. The topological polar surface area (TPSA) is 60.9 Å². The Kier molecular flexibility index (Phi) is 7.13. The van der Waals surface area contributed by atoms with Crippen molar-refractivity contribution >= 4 is 60.2 Å².